The van der Waals surface area contributed by atoms with Crippen molar-refractivity contribution >= 4 is 11.2 Å². The maximum Gasteiger partial charge on any atom is 0.164 e. The molecule has 0 spiro atoms. The molecule has 1 aliphatic rings. The molecule has 1 saturated heterocycles. The molecule has 112 valence electrons. The number of hydrogen-bond donors (Lipinski definition) is 1. The number of aryl methyl sites for hydroxylation is 1. The van der Waals surface area contributed by atoms with Gasteiger partial charge in [-0.2, -0.15) is 0 Å². The van der Waals surface area contributed by atoms with Gasteiger partial charge in [-0.25, -0.2) is 9.97 Å². The van der Waals surface area contributed by atoms with Crippen molar-refractivity contribution in [1.82, 2.24) is 19.9 Å². The van der Waals surface area contributed by atoms with E-state index in [0.29, 0.717) is 6.04 Å². The molecule has 1 N–H and O–H groups in total. The molecule has 0 saturated carbocycles. The summed E-state index contributed by atoms with van der Waals surface area (Å²) in [5, 5.41) is 3.56. The Balaban J connectivity index is 1.83. The molecule has 4 nitrogen and oxygen atoms in total. The van der Waals surface area contributed by atoms with Crippen LogP contribution in [-0.4, -0.2) is 27.1 Å². The molecular formula is C18H20N4. The fourth-order valence-electron chi connectivity index (χ4n) is 3.21. The van der Waals surface area contributed by atoms with Gasteiger partial charge in [0.15, 0.2) is 5.65 Å². The maximum absolute atomic E-state index is 4.84. The van der Waals surface area contributed by atoms with Crippen molar-refractivity contribution in [1.29, 1.82) is 0 Å². The van der Waals surface area contributed by atoms with E-state index in [1.807, 2.05) is 18.3 Å². The van der Waals surface area contributed by atoms with Crippen LogP contribution in [0.15, 0.2) is 42.6 Å². The minimum absolute atomic E-state index is 0.529. The van der Waals surface area contributed by atoms with E-state index in [1.165, 1.54) is 18.4 Å². The number of nitrogens with zero attached hydrogens (tertiary/aromatic N) is 3. The summed E-state index contributed by atoms with van der Waals surface area (Å²) in [6.07, 6.45) is 5.27. The van der Waals surface area contributed by atoms with E-state index in [4.69, 9.17) is 4.98 Å². The predicted molar refractivity (Wildman–Crippen MR) is 88.3 cm³/mol. The number of nitrogens with one attached hydrogen (secondary N) is 1. The lowest BCUT2D eigenvalue weighted by Crippen LogP contribution is -2.25. The first-order valence-electron chi connectivity index (χ1n) is 7.94. The first-order valence-corrected chi connectivity index (χ1v) is 7.94. The second-order valence-electron chi connectivity index (χ2n) is 6.04. The molecule has 1 aliphatic heterocycles. The summed E-state index contributed by atoms with van der Waals surface area (Å²) >= 11 is 0. The lowest BCUT2D eigenvalue weighted by atomic mass is 10.1. The van der Waals surface area contributed by atoms with Crippen molar-refractivity contribution in [2.45, 2.75) is 32.2 Å². The minimum atomic E-state index is 0.529. The van der Waals surface area contributed by atoms with Crippen LogP contribution in [0.5, 0.6) is 0 Å². The molecule has 0 amide bonds. The van der Waals surface area contributed by atoms with E-state index in [1.54, 1.807) is 0 Å². The summed E-state index contributed by atoms with van der Waals surface area (Å²) in [7, 11) is 0. The zero-order valence-electron chi connectivity index (χ0n) is 12.8. The molecule has 0 radical (unpaired) electrons. The number of pyridine rings is 1. The van der Waals surface area contributed by atoms with Gasteiger partial charge in [0.2, 0.25) is 0 Å². The molecule has 3 heterocycles. The smallest absolute Gasteiger partial charge is 0.164 e. The number of imidazole rings is 1. The summed E-state index contributed by atoms with van der Waals surface area (Å²) in [6.45, 7) is 3.23. The Morgan fingerprint density at radius 2 is 2.09 bits per heavy atom. The third-order valence-corrected chi connectivity index (χ3v) is 4.37. The molecule has 0 bridgehead atoms. The third kappa shape index (κ3) is 2.40. The molecule has 0 aliphatic carbocycles. The number of fused-ring (bicyclic) bond motifs is 1. The van der Waals surface area contributed by atoms with Crippen molar-refractivity contribution in [3.63, 3.8) is 0 Å². The molecule has 22 heavy (non-hydrogen) atoms. The van der Waals surface area contributed by atoms with E-state index in [9.17, 15) is 0 Å². The van der Waals surface area contributed by atoms with Crippen LogP contribution in [0.2, 0.25) is 0 Å². The predicted octanol–water partition coefficient (Wildman–Crippen LogP) is 3.02. The van der Waals surface area contributed by atoms with Crippen LogP contribution in [0.4, 0.5) is 0 Å². The van der Waals surface area contributed by atoms with Gasteiger partial charge >= 0.3 is 0 Å². The number of rotatable bonds is 3. The molecule has 1 atom stereocenters. The highest BCUT2D eigenvalue weighted by Crippen LogP contribution is 2.22. The average Bonchev–Trinajstić information content (AvgIpc) is 3.16. The first kappa shape index (κ1) is 13.5. The van der Waals surface area contributed by atoms with Gasteiger partial charge in [-0.1, -0.05) is 17.7 Å². The van der Waals surface area contributed by atoms with Gasteiger partial charge in [-0.05, 0) is 50.6 Å². The Hall–Kier alpha value is -2.20. The zero-order chi connectivity index (χ0) is 14.9. The molecule has 4 rings (SSSR count). The van der Waals surface area contributed by atoms with Gasteiger partial charge in [0.25, 0.3) is 0 Å². The standard InChI is InChI=1S/C18H20N4/c1-13-6-8-15(9-7-13)22-17(12-14-4-2-10-19-14)21-16-5-3-11-20-18(16)22/h3,5-9,11,14,19H,2,4,10,12H2,1H3. The van der Waals surface area contributed by atoms with Crippen LogP contribution in [0.1, 0.15) is 24.2 Å². The summed E-state index contributed by atoms with van der Waals surface area (Å²) in [6, 6.07) is 13.1. The monoisotopic (exact) mass is 292 g/mol. The van der Waals surface area contributed by atoms with Crippen molar-refractivity contribution in [3.05, 3.63) is 54.0 Å². The van der Waals surface area contributed by atoms with Crippen LogP contribution < -0.4 is 5.32 Å². The fraction of sp³-hybridized carbons (Fsp3) is 0.333. The number of benzene rings is 1. The van der Waals surface area contributed by atoms with E-state index < -0.39 is 0 Å². The summed E-state index contributed by atoms with van der Waals surface area (Å²) in [4.78, 5) is 9.39. The maximum atomic E-state index is 4.84. The average molecular weight is 292 g/mol. The molecule has 1 fully saturated rings. The Morgan fingerprint density at radius 1 is 1.23 bits per heavy atom. The molecule has 1 unspecified atom stereocenters. The van der Waals surface area contributed by atoms with Gasteiger partial charge in [0.1, 0.15) is 11.3 Å². The molecular weight excluding hydrogens is 272 g/mol. The van der Waals surface area contributed by atoms with Gasteiger partial charge in [-0.3, -0.25) is 4.57 Å². The van der Waals surface area contributed by atoms with Crippen LogP contribution in [-0.2, 0) is 6.42 Å². The zero-order valence-corrected chi connectivity index (χ0v) is 12.8. The second kappa shape index (κ2) is 5.54. The first-order chi connectivity index (χ1) is 10.8. The van der Waals surface area contributed by atoms with Crippen LogP contribution in [0.3, 0.4) is 0 Å². The highest BCUT2D eigenvalue weighted by atomic mass is 15.1. The fourth-order valence-corrected chi connectivity index (χ4v) is 3.21. The lowest BCUT2D eigenvalue weighted by Gasteiger charge is -2.12. The Bertz CT molecular complexity index is 782. The second-order valence-corrected chi connectivity index (χ2v) is 6.04. The quantitative estimate of drug-likeness (QED) is 0.807. The number of hydrogen-bond acceptors (Lipinski definition) is 3. The normalized spacial score (nSPS) is 18.1. The summed E-state index contributed by atoms with van der Waals surface area (Å²) in [5.74, 6) is 1.09. The van der Waals surface area contributed by atoms with Gasteiger partial charge in [0.05, 0.1) is 0 Å². The molecule has 3 aromatic rings. The SMILES string of the molecule is Cc1ccc(-n2c(CC3CCCN3)nc3cccnc32)cc1. The summed E-state index contributed by atoms with van der Waals surface area (Å²) in [5.41, 5.74) is 4.32. The van der Waals surface area contributed by atoms with Crippen molar-refractivity contribution in [2.24, 2.45) is 0 Å². The highest BCUT2D eigenvalue weighted by Gasteiger charge is 2.20. The Morgan fingerprint density at radius 3 is 2.86 bits per heavy atom. The van der Waals surface area contributed by atoms with Crippen molar-refractivity contribution in [3.8, 4) is 5.69 Å². The van der Waals surface area contributed by atoms with Gasteiger partial charge in [0, 0.05) is 24.3 Å². The van der Waals surface area contributed by atoms with E-state index in [2.05, 4.69) is 46.1 Å². The van der Waals surface area contributed by atoms with Crippen molar-refractivity contribution in [2.75, 3.05) is 6.54 Å². The number of aromatic nitrogens is 3. The van der Waals surface area contributed by atoms with Gasteiger partial charge in [-0.15, -0.1) is 0 Å². The molecule has 1 aromatic carbocycles. The highest BCUT2D eigenvalue weighted by molar-refractivity contribution is 5.73. The Kier molecular flexibility index (Phi) is 3.39. The van der Waals surface area contributed by atoms with Crippen LogP contribution in [0.25, 0.3) is 16.9 Å². The largest absolute Gasteiger partial charge is 0.314 e. The Labute approximate surface area is 130 Å². The topological polar surface area (TPSA) is 42.7 Å². The minimum Gasteiger partial charge on any atom is -0.314 e. The third-order valence-electron chi connectivity index (χ3n) is 4.37. The van der Waals surface area contributed by atoms with E-state index in [0.717, 1.165) is 35.6 Å². The molecule has 2 aromatic heterocycles. The van der Waals surface area contributed by atoms with Crippen molar-refractivity contribution < 1.29 is 0 Å². The van der Waals surface area contributed by atoms with E-state index >= 15 is 0 Å². The van der Waals surface area contributed by atoms with Crippen LogP contribution >= 0.6 is 0 Å². The summed E-state index contributed by atoms with van der Waals surface area (Å²) < 4.78 is 2.20. The lowest BCUT2D eigenvalue weighted by molar-refractivity contribution is 0.582. The van der Waals surface area contributed by atoms with Crippen LogP contribution in [0, 0.1) is 6.92 Å². The molecule has 4 heteroatoms. The van der Waals surface area contributed by atoms with Gasteiger partial charge < -0.3 is 5.32 Å². The van der Waals surface area contributed by atoms with E-state index in [-0.39, 0.29) is 0 Å².